The molecule has 0 aliphatic heterocycles. The van der Waals surface area contributed by atoms with E-state index in [-0.39, 0.29) is 18.0 Å². The van der Waals surface area contributed by atoms with Gasteiger partial charge < -0.3 is 22.1 Å². The van der Waals surface area contributed by atoms with E-state index in [2.05, 4.69) is 16.0 Å². The fourth-order valence-corrected chi connectivity index (χ4v) is 2.34. The first kappa shape index (κ1) is 19.6. The molecule has 0 fully saturated rings. The molecule has 0 heterocycles. The Morgan fingerprint density at radius 2 is 1.83 bits per heavy atom. The molecule has 0 aromatic heterocycles. The molecule has 0 saturated heterocycles. The van der Waals surface area contributed by atoms with Crippen LogP contribution in [0.5, 0.6) is 0 Å². The number of amides is 1. The van der Waals surface area contributed by atoms with Crippen LogP contribution >= 0.6 is 0 Å². The van der Waals surface area contributed by atoms with Crippen molar-refractivity contribution >= 4 is 5.91 Å². The Hall–Kier alpha value is -1.47. The second-order valence-electron chi connectivity index (χ2n) is 6.05. The third-order valence-corrected chi connectivity index (χ3v) is 3.46. The van der Waals surface area contributed by atoms with Gasteiger partial charge in [0.1, 0.15) is 6.29 Å². The number of nitrogens with two attached hydrogens (primary N) is 2. The summed E-state index contributed by atoms with van der Waals surface area (Å²) in [6.07, 6.45) is 2.18. The van der Waals surface area contributed by atoms with E-state index in [9.17, 15) is 4.79 Å². The lowest BCUT2D eigenvalue weighted by atomic mass is 10.1. The van der Waals surface area contributed by atoms with Gasteiger partial charge in [-0.25, -0.2) is 0 Å². The van der Waals surface area contributed by atoms with Gasteiger partial charge in [0.05, 0.1) is 6.04 Å². The van der Waals surface area contributed by atoms with Crippen molar-refractivity contribution in [1.29, 1.82) is 0 Å². The molecule has 6 heteroatoms. The summed E-state index contributed by atoms with van der Waals surface area (Å²) in [6, 6.07) is 10.0. The molecule has 1 aromatic carbocycles. The lowest BCUT2D eigenvalue weighted by Crippen LogP contribution is -2.47. The molecule has 1 atom stereocenters. The predicted molar refractivity (Wildman–Crippen MR) is 94.4 cm³/mol. The third kappa shape index (κ3) is 9.30. The number of carbonyl (C=O) groups excluding carboxylic acids is 1. The molecule has 1 rings (SSSR count). The number of hydrogen-bond acceptors (Lipinski definition) is 5. The molecule has 6 nitrogen and oxygen atoms in total. The SMILES string of the molecule is CC(C)N[C@H](CCCCNC(N)N)C(=O)NCc1ccccc1. The van der Waals surface area contributed by atoms with Crippen LogP contribution in [0.15, 0.2) is 30.3 Å². The number of rotatable bonds is 11. The van der Waals surface area contributed by atoms with Crippen molar-refractivity contribution in [2.75, 3.05) is 6.54 Å². The second kappa shape index (κ2) is 11.1. The summed E-state index contributed by atoms with van der Waals surface area (Å²) in [6.45, 7) is 5.41. The molecular weight excluding hydrogens is 290 g/mol. The van der Waals surface area contributed by atoms with Gasteiger partial charge in [-0.05, 0) is 24.9 Å². The number of unbranched alkanes of at least 4 members (excludes halogenated alkanes) is 1. The van der Waals surface area contributed by atoms with Crippen molar-refractivity contribution in [1.82, 2.24) is 16.0 Å². The molecule has 0 saturated carbocycles. The van der Waals surface area contributed by atoms with Gasteiger partial charge in [0.25, 0.3) is 0 Å². The van der Waals surface area contributed by atoms with E-state index in [0.29, 0.717) is 6.54 Å². The van der Waals surface area contributed by atoms with Gasteiger partial charge in [-0.1, -0.05) is 50.6 Å². The zero-order chi connectivity index (χ0) is 17.1. The van der Waals surface area contributed by atoms with E-state index in [4.69, 9.17) is 11.5 Å². The molecular formula is C17H31N5O. The van der Waals surface area contributed by atoms with Gasteiger partial charge in [0, 0.05) is 12.6 Å². The number of benzene rings is 1. The monoisotopic (exact) mass is 321 g/mol. The maximum absolute atomic E-state index is 12.4. The van der Waals surface area contributed by atoms with Crippen LogP contribution in [0.25, 0.3) is 0 Å². The van der Waals surface area contributed by atoms with Crippen LogP contribution in [0.3, 0.4) is 0 Å². The molecule has 1 amide bonds. The van der Waals surface area contributed by atoms with E-state index in [1.807, 2.05) is 44.2 Å². The van der Waals surface area contributed by atoms with Crippen LogP contribution in [0, 0.1) is 0 Å². The van der Waals surface area contributed by atoms with Gasteiger partial charge in [-0.3, -0.25) is 10.1 Å². The lowest BCUT2D eigenvalue weighted by Gasteiger charge is -2.21. The Kier molecular flexibility index (Phi) is 9.47. The molecule has 0 aliphatic carbocycles. The first-order chi connectivity index (χ1) is 11.0. The van der Waals surface area contributed by atoms with Crippen LogP contribution in [-0.4, -0.2) is 30.8 Å². The number of hydrogen-bond donors (Lipinski definition) is 5. The first-order valence-corrected chi connectivity index (χ1v) is 8.31. The van der Waals surface area contributed by atoms with Crippen molar-refractivity contribution in [3.05, 3.63) is 35.9 Å². The van der Waals surface area contributed by atoms with Crippen molar-refractivity contribution in [3.8, 4) is 0 Å². The average molecular weight is 321 g/mol. The van der Waals surface area contributed by atoms with E-state index in [1.165, 1.54) is 0 Å². The minimum Gasteiger partial charge on any atom is -0.351 e. The number of carbonyl (C=O) groups is 1. The fourth-order valence-electron chi connectivity index (χ4n) is 2.34. The zero-order valence-electron chi connectivity index (χ0n) is 14.2. The van der Waals surface area contributed by atoms with Crippen molar-refractivity contribution in [3.63, 3.8) is 0 Å². The molecule has 0 radical (unpaired) electrons. The maximum atomic E-state index is 12.4. The van der Waals surface area contributed by atoms with Crippen LogP contribution < -0.4 is 27.4 Å². The molecule has 0 unspecified atom stereocenters. The van der Waals surface area contributed by atoms with Gasteiger partial charge in [0.15, 0.2) is 0 Å². The van der Waals surface area contributed by atoms with E-state index >= 15 is 0 Å². The lowest BCUT2D eigenvalue weighted by molar-refractivity contribution is -0.123. The Morgan fingerprint density at radius 3 is 2.43 bits per heavy atom. The van der Waals surface area contributed by atoms with Gasteiger partial charge in [-0.15, -0.1) is 0 Å². The highest BCUT2D eigenvalue weighted by Gasteiger charge is 2.18. The highest BCUT2D eigenvalue weighted by atomic mass is 16.2. The Bertz CT molecular complexity index is 436. The van der Waals surface area contributed by atoms with Gasteiger partial charge in [0.2, 0.25) is 5.91 Å². The molecule has 1 aromatic rings. The van der Waals surface area contributed by atoms with E-state index in [0.717, 1.165) is 31.4 Å². The largest absolute Gasteiger partial charge is 0.351 e. The van der Waals surface area contributed by atoms with Gasteiger partial charge >= 0.3 is 0 Å². The highest BCUT2D eigenvalue weighted by molar-refractivity contribution is 5.81. The fraction of sp³-hybridized carbons (Fsp3) is 0.588. The van der Waals surface area contributed by atoms with Crippen LogP contribution in [-0.2, 0) is 11.3 Å². The molecule has 130 valence electrons. The minimum atomic E-state index is -0.478. The first-order valence-electron chi connectivity index (χ1n) is 8.31. The summed E-state index contributed by atoms with van der Waals surface area (Å²) in [5, 5.41) is 9.31. The van der Waals surface area contributed by atoms with E-state index in [1.54, 1.807) is 0 Å². The highest BCUT2D eigenvalue weighted by Crippen LogP contribution is 2.04. The summed E-state index contributed by atoms with van der Waals surface area (Å²) in [5.41, 5.74) is 12.0. The van der Waals surface area contributed by atoms with Crippen molar-refractivity contribution < 1.29 is 4.79 Å². The average Bonchev–Trinajstić information content (AvgIpc) is 2.51. The van der Waals surface area contributed by atoms with Crippen molar-refractivity contribution in [2.24, 2.45) is 11.5 Å². The Labute approximate surface area is 139 Å². The molecule has 7 N–H and O–H groups in total. The van der Waals surface area contributed by atoms with Crippen LogP contribution in [0.4, 0.5) is 0 Å². The summed E-state index contributed by atoms with van der Waals surface area (Å²) < 4.78 is 0. The molecule has 0 spiro atoms. The van der Waals surface area contributed by atoms with Crippen LogP contribution in [0.2, 0.25) is 0 Å². The molecule has 0 bridgehead atoms. The zero-order valence-corrected chi connectivity index (χ0v) is 14.2. The quantitative estimate of drug-likeness (QED) is 0.304. The Morgan fingerprint density at radius 1 is 1.13 bits per heavy atom. The van der Waals surface area contributed by atoms with Gasteiger partial charge in [-0.2, -0.15) is 0 Å². The summed E-state index contributed by atoms with van der Waals surface area (Å²) in [4.78, 5) is 12.4. The van der Waals surface area contributed by atoms with E-state index < -0.39 is 6.29 Å². The number of nitrogens with one attached hydrogen (secondary N) is 3. The normalized spacial score (nSPS) is 12.6. The standard InChI is InChI=1S/C17H31N5O/c1-13(2)22-15(10-6-7-11-20-17(18)19)16(23)21-12-14-8-4-3-5-9-14/h3-5,8-9,13,15,17,20,22H,6-7,10-12,18-19H2,1-2H3,(H,21,23)/t15-/m1/s1. The van der Waals surface area contributed by atoms with Crippen molar-refractivity contribution in [2.45, 2.75) is 58.0 Å². The topological polar surface area (TPSA) is 105 Å². The predicted octanol–water partition coefficient (Wildman–Crippen LogP) is 0.630. The maximum Gasteiger partial charge on any atom is 0.237 e. The second-order valence-corrected chi connectivity index (χ2v) is 6.05. The molecule has 23 heavy (non-hydrogen) atoms. The summed E-state index contributed by atoms with van der Waals surface area (Å²) >= 11 is 0. The third-order valence-electron chi connectivity index (χ3n) is 3.46. The minimum absolute atomic E-state index is 0.0473. The van der Waals surface area contributed by atoms with Crippen LogP contribution in [0.1, 0.15) is 38.7 Å². The summed E-state index contributed by atoms with van der Waals surface area (Å²) in [7, 11) is 0. The Balaban J connectivity index is 2.37. The summed E-state index contributed by atoms with van der Waals surface area (Å²) in [5.74, 6) is 0.0473. The smallest absolute Gasteiger partial charge is 0.237 e. The molecule has 0 aliphatic rings.